The SMILES string of the molecule is N=C1NC(c2ccccc2)(c2ccccc2)C(=O)N1CC1=CCCC(C(=O)N2CCCCC2)=C1. The predicted molar refractivity (Wildman–Crippen MR) is 132 cm³/mol. The van der Waals surface area contributed by atoms with Gasteiger partial charge in [0, 0.05) is 18.7 Å². The van der Waals surface area contributed by atoms with Crippen molar-refractivity contribution in [1.29, 1.82) is 5.41 Å². The van der Waals surface area contributed by atoms with Crippen molar-refractivity contribution in [2.75, 3.05) is 19.6 Å². The number of hydrogen-bond donors (Lipinski definition) is 2. The zero-order chi connectivity index (χ0) is 23.5. The third kappa shape index (κ3) is 3.94. The van der Waals surface area contributed by atoms with Crippen LogP contribution >= 0.6 is 0 Å². The Morgan fingerprint density at radius 1 is 0.941 bits per heavy atom. The molecule has 6 nitrogen and oxygen atoms in total. The molecule has 2 aromatic rings. The quantitative estimate of drug-likeness (QED) is 0.718. The maximum atomic E-state index is 14.0. The predicted octanol–water partition coefficient (Wildman–Crippen LogP) is 3.96. The van der Waals surface area contributed by atoms with E-state index in [1.165, 1.54) is 11.3 Å². The molecule has 6 heteroatoms. The van der Waals surface area contributed by atoms with E-state index in [1.807, 2.05) is 71.6 Å². The summed E-state index contributed by atoms with van der Waals surface area (Å²) in [6.07, 6.45) is 8.82. The van der Waals surface area contributed by atoms with E-state index >= 15 is 0 Å². The number of rotatable bonds is 5. The lowest BCUT2D eigenvalue weighted by molar-refractivity contribution is -0.129. The van der Waals surface area contributed by atoms with Gasteiger partial charge in [0.1, 0.15) is 0 Å². The Morgan fingerprint density at radius 3 is 2.18 bits per heavy atom. The maximum absolute atomic E-state index is 14.0. The molecule has 0 radical (unpaired) electrons. The van der Waals surface area contributed by atoms with E-state index in [4.69, 9.17) is 5.41 Å². The van der Waals surface area contributed by atoms with Crippen LogP contribution in [0.2, 0.25) is 0 Å². The lowest BCUT2D eigenvalue weighted by atomic mass is 9.82. The average molecular weight is 455 g/mol. The smallest absolute Gasteiger partial charge is 0.264 e. The van der Waals surface area contributed by atoms with Gasteiger partial charge in [0.25, 0.3) is 5.91 Å². The van der Waals surface area contributed by atoms with Crippen molar-refractivity contribution in [3.8, 4) is 0 Å². The second-order valence-corrected chi connectivity index (χ2v) is 9.19. The Bertz CT molecular complexity index is 1110. The van der Waals surface area contributed by atoms with E-state index in [9.17, 15) is 9.59 Å². The first kappa shape index (κ1) is 22.1. The Labute approximate surface area is 200 Å². The molecule has 2 aliphatic heterocycles. The molecule has 2 amide bonds. The number of benzene rings is 2. The number of carbonyl (C=O) groups is 2. The summed E-state index contributed by atoms with van der Waals surface area (Å²) in [5, 5.41) is 11.9. The van der Waals surface area contributed by atoms with Crippen molar-refractivity contribution in [3.63, 3.8) is 0 Å². The molecule has 3 aliphatic rings. The fourth-order valence-corrected chi connectivity index (χ4v) is 5.22. The van der Waals surface area contributed by atoms with Gasteiger partial charge in [0.2, 0.25) is 5.91 Å². The molecule has 174 valence electrons. The summed E-state index contributed by atoms with van der Waals surface area (Å²) >= 11 is 0. The second-order valence-electron chi connectivity index (χ2n) is 9.19. The van der Waals surface area contributed by atoms with Gasteiger partial charge in [-0.3, -0.25) is 19.9 Å². The van der Waals surface area contributed by atoms with E-state index in [1.54, 1.807) is 0 Å². The van der Waals surface area contributed by atoms with Gasteiger partial charge in [-0.2, -0.15) is 0 Å². The third-order valence-corrected chi connectivity index (χ3v) is 6.99. The van der Waals surface area contributed by atoms with E-state index < -0.39 is 5.54 Å². The van der Waals surface area contributed by atoms with Crippen molar-refractivity contribution in [1.82, 2.24) is 15.1 Å². The number of hydrogen-bond acceptors (Lipinski definition) is 3. The molecule has 2 saturated heterocycles. The summed E-state index contributed by atoms with van der Waals surface area (Å²) < 4.78 is 0. The summed E-state index contributed by atoms with van der Waals surface area (Å²) in [5.74, 6) is 0.00864. The van der Waals surface area contributed by atoms with Crippen molar-refractivity contribution in [3.05, 3.63) is 95.1 Å². The molecular formula is C28H30N4O2. The maximum Gasteiger partial charge on any atom is 0.264 e. The van der Waals surface area contributed by atoms with Crippen molar-refractivity contribution < 1.29 is 9.59 Å². The average Bonchev–Trinajstić information content (AvgIpc) is 3.15. The first-order chi connectivity index (χ1) is 16.6. The molecule has 2 fully saturated rings. The normalized spacial score (nSPS) is 20.0. The molecule has 0 saturated carbocycles. The number of likely N-dealkylation sites (tertiary alicyclic amines) is 1. The van der Waals surface area contributed by atoms with Crippen LogP contribution in [0.15, 0.2) is 84.0 Å². The summed E-state index contributed by atoms with van der Waals surface area (Å²) in [4.78, 5) is 30.5. The van der Waals surface area contributed by atoms with Crippen molar-refractivity contribution in [2.45, 2.75) is 37.6 Å². The third-order valence-electron chi connectivity index (χ3n) is 6.99. The van der Waals surface area contributed by atoms with Gasteiger partial charge in [0.15, 0.2) is 11.5 Å². The van der Waals surface area contributed by atoms with E-state index in [0.717, 1.165) is 61.0 Å². The molecular weight excluding hydrogens is 424 g/mol. The summed E-state index contributed by atoms with van der Waals surface area (Å²) in [5.41, 5.74) is 2.16. The first-order valence-electron chi connectivity index (χ1n) is 12.1. The number of nitrogens with zero attached hydrogens (tertiary/aromatic N) is 2. The Hall–Kier alpha value is -3.67. The fraction of sp³-hybridized carbons (Fsp3) is 0.321. The molecule has 2 heterocycles. The Balaban J connectivity index is 1.42. The van der Waals surface area contributed by atoms with Crippen LogP contribution in [0.4, 0.5) is 0 Å². The van der Waals surface area contributed by atoms with Crippen molar-refractivity contribution >= 4 is 17.8 Å². The zero-order valence-electron chi connectivity index (χ0n) is 19.3. The van der Waals surface area contributed by atoms with Crippen LogP contribution in [-0.4, -0.2) is 47.2 Å². The summed E-state index contributed by atoms with van der Waals surface area (Å²) in [6, 6.07) is 19.2. The highest BCUT2D eigenvalue weighted by atomic mass is 16.2. The van der Waals surface area contributed by atoms with Gasteiger partial charge in [-0.05, 0) is 54.9 Å². The highest BCUT2D eigenvalue weighted by Crippen LogP contribution is 2.36. The van der Waals surface area contributed by atoms with E-state index in [-0.39, 0.29) is 24.3 Å². The van der Waals surface area contributed by atoms with Crippen LogP contribution < -0.4 is 5.32 Å². The topological polar surface area (TPSA) is 76.5 Å². The molecule has 2 aromatic carbocycles. The van der Waals surface area contributed by atoms with E-state index in [0.29, 0.717) is 0 Å². The number of carbonyl (C=O) groups excluding carboxylic acids is 2. The monoisotopic (exact) mass is 454 g/mol. The van der Waals surface area contributed by atoms with Crippen LogP contribution in [0.1, 0.15) is 43.2 Å². The number of amides is 2. The molecule has 1 aliphatic carbocycles. The van der Waals surface area contributed by atoms with Gasteiger partial charge in [-0.25, -0.2) is 0 Å². The largest absolute Gasteiger partial charge is 0.339 e. The molecule has 5 rings (SSSR count). The molecule has 2 N–H and O–H groups in total. The number of nitrogens with one attached hydrogen (secondary N) is 2. The number of allylic oxidation sites excluding steroid dienone is 1. The lowest BCUT2D eigenvalue weighted by Crippen LogP contribution is -2.45. The van der Waals surface area contributed by atoms with Gasteiger partial charge < -0.3 is 10.2 Å². The number of guanidine groups is 1. The highest BCUT2D eigenvalue weighted by Gasteiger charge is 2.52. The molecule has 0 aromatic heterocycles. The minimum atomic E-state index is -1.15. The number of piperidine rings is 1. The standard InChI is InChI=1S/C28H30N4O2/c29-27-30-28(23-13-4-1-5-14-23,24-15-6-2-7-16-24)26(34)32(27)20-21-11-10-12-22(19-21)25(33)31-17-8-3-9-18-31/h1-2,4-7,11,13-16,19H,3,8-10,12,17-18,20H2,(H2,29,30). The van der Waals surface area contributed by atoms with Crippen LogP contribution in [0, 0.1) is 5.41 Å². The van der Waals surface area contributed by atoms with Crippen molar-refractivity contribution in [2.24, 2.45) is 0 Å². The van der Waals surface area contributed by atoms with Crippen LogP contribution in [0.3, 0.4) is 0 Å². The highest BCUT2D eigenvalue weighted by molar-refractivity contribution is 6.10. The summed E-state index contributed by atoms with van der Waals surface area (Å²) in [7, 11) is 0. The Kier molecular flexibility index (Phi) is 6.05. The zero-order valence-corrected chi connectivity index (χ0v) is 19.3. The molecule has 0 atom stereocenters. The minimum absolute atomic E-state index is 0.0708. The van der Waals surface area contributed by atoms with Gasteiger partial charge in [-0.1, -0.05) is 66.7 Å². The van der Waals surface area contributed by atoms with Crippen LogP contribution in [0.5, 0.6) is 0 Å². The first-order valence-corrected chi connectivity index (χ1v) is 12.1. The van der Waals surface area contributed by atoms with Gasteiger partial charge in [-0.15, -0.1) is 0 Å². The fourth-order valence-electron chi connectivity index (χ4n) is 5.22. The Morgan fingerprint density at radius 2 is 1.56 bits per heavy atom. The minimum Gasteiger partial charge on any atom is -0.339 e. The molecule has 34 heavy (non-hydrogen) atoms. The lowest BCUT2D eigenvalue weighted by Gasteiger charge is -2.29. The van der Waals surface area contributed by atoms with E-state index in [2.05, 4.69) is 11.4 Å². The molecule has 0 spiro atoms. The van der Waals surface area contributed by atoms with Crippen LogP contribution in [-0.2, 0) is 15.1 Å². The molecule has 0 bridgehead atoms. The van der Waals surface area contributed by atoms with Crippen LogP contribution in [0.25, 0.3) is 0 Å². The second kappa shape index (κ2) is 9.29. The van der Waals surface area contributed by atoms with Gasteiger partial charge >= 0.3 is 0 Å². The van der Waals surface area contributed by atoms with Gasteiger partial charge in [0.05, 0.1) is 6.54 Å². The molecule has 0 unspecified atom stereocenters. The summed E-state index contributed by atoms with van der Waals surface area (Å²) in [6.45, 7) is 1.92.